The van der Waals surface area contributed by atoms with E-state index in [1.54, 1.807) is 37.3 Å². The summed E-state index contributed by atoms with van der Waals surface area (Å²) in [6.07, 6.45) is -0.132. The van der Waals surface area contributed by atoms with Crippen LogP contribution in [0.1, 0.15) is 22.7 Å². The Hall–Kier alpha value is -3.88. The molecule has 9 heteroatoms. The quantitative estimate of drug-likeness (QED) is 0.653. The minimum Gasteiger partial charge on any atom is -0.480 e. The summed E-state index contributed by atoms with van der Waals surface area (Å²) >= 11 is 0. The number of aryl methyl sites for hydroxylation is 1. The third-order valence-corrected chi connectivity index (χ3v) is 4.27. The smallest absolute Gasteiger partial charge is 0.335 e. The molecular formula is C20H17N3O6. The zero-order valence-corrected chi connectivity index (χ0v) is 15.4. The van der Waals surface area contributed by atoms with Crippen molar-refractivity contribution in [3.63, 3.8) is 0 Å². The molecule has 1 aromatic heterocycles. The fourth-order valence-corrected chi connectivity index (χ4v) is 2.89. The zero-order chi connectivity index (χ0) is 20.4. The van der Waals surface area contributed by atoms with Gasteiger partial charge in [-0.15, -0.1) is 10.2 Å². The maximum atomic E-state index is 11.7. The van der Waals surface area contributed by atoms with Gasteiger partial charge in [0.05, 0.1) is 5.56 Å². The number of carboxylic acid groups (broad SMARTS) is 1. The van der Waals surface area contributed by atoms with Gasteiger partial charge in [0.1, 0.15) is 17.2 Å². The molecule has 1 unspecified atom stereocenters. The van der Waals surface area contributed by atoms with E-state index < -0.39 is 12.1 Å². The fourth-order valence-electron chi connectivity index (χ4n) is 2.89. The molecule has 148 valence electrons. The average molecular weight is 395 g/mol. The molecule has 1 saturated heterocycles. The highest BCUT2D eigenvalue weighted by molar-refractivity contribution is 5.89. The number of nitrogens with one attached hydrogen (secondary N) is 1. The van der Waals surface area contributed by atoms with E-state index in [4.69, 9.17) is 13.9 Å². The minimum absolute atomic E-state index is 0.00568. The lowest BCUT2D eigenvalue weighted by atomic mass is 10.2. The van der Waals surface area contributed by atoms with E-state index >= 15 is 0 Å². The summed E-state index contributed by atoms with van der Waals surface area (Å²) in [5.74, 6) is 0.525. The number of benzene rings is 2. The van der Waals surface area contributed by atoms with Gasteiger partial charge in [0.2, 0.25) is 11.8 Å². The number of nitrogens with zero attached hydrogens (tertiary/aromatic N) is 2. The van der Waals surface area contributed by atoms with E-state index in [9.17, 15) is 14.7 Å². The molecule has 2 heterocycles. The highest BCUT2D eigenvalue weighted by atomic mass is 16.5. The van der Waals surface area contributed by atoms with Crippen molar-refractivity contribution in [3.8, 4) is 28.7 Å². The molecule has 1 amide bonds. The molecule has 2 N–H and O–H groups in total. The number of aromatic nitrogens is 2. The van der Waals surface area contributed by atoms with Gasteiger partial charge in [0, 0.05) is 31.5 Å². The lowest BCUT2D eigenvalue weighted by Gasteiger charge is -2.14. The average Bonchev–Trinajstić information content (AvgIpc) is 3.31. The first kappa shape index (κ1) is 18.5. The van der Waals surface area contributed by atoms with Crippen molar-refractivity contribution in [3.05, 3.63) is 53.9 Å². The Morgan fingerprint density at radius 1 is 1.14 bits per heavy atom. The molecule has 1 aliphatic rings. The van der Waals surface area contributed by atoms with Crippen LogP contribution in [-0.2, 0) is 4.79 Å². The Morgan fingerprint density at radius 3 is 2.52 bits per heavy atom. The van der Waals surface area contributed by atoms with Crippen LogP contribution in [0, 0.1) is 6.92 Å². The number of carboxylic acids is 1. The third-order valence-electron chi connectivity index (χ3n) is 4.27. The first-order valence-electron chi connectivity index (χ1n) is 8.89. The van der Waals surface area contributed by atoms with Gasteiger partial charge in [-0.05, 0) is 36.4 Å². The van der Waals surface area contributed by atoms with E-state index in [2.05, 4.69) is 15.5 Å². The monoisotopic (exact) mass is 395 g/mol. The molecule has 2 aromatic carbocycles. The summed E-state index contributed by atoms with van der Waals surface area (Å²) in [5, 5.41) is 19.8. The van der Waals surface area contributed by atoms with E-state index in [0.717, 1.165) is 5.56 Å². The standard InChI is InChI=1S/C20H17N3O6/c1-11-22-23-19(27-11)12-2-4-14(5-3-12)28-15-8-13(20(25)26)9-16(10-15)29-17-6-7-21-18(17)24/h2-5,8-10,17H,6-7H2,1H3,(H,21,24)(H,25,26). The molecule has 1 atom stereocenters. The van der Waals surface area contributed by atoms with Crippen LogP contribution < -0.4 is 14.8 Å². The predicted octanol–water partition coefficient (Wildman–Crippen LogP) is 2.80. The van der Waals surface area contributed by atoms with Gasteiger partial charge >= 0.3 is 5.97 Å². The van der Waals surface area contributed by atoms with Crippen LogP contribution in [0.25, 0.3) is 11.5 Å². The highest BCUT2D eigenvalue weighted by Crippen LogP contribution is 2.30. The van der Waals surface area contributed by atoms with Crippen LogP contribution in [-0.4, -0.2) is 39.8 Å². The molecule has 1 fully saturated rings. The summed E-state index contributed by atoms with van der Waals surface area (Å²) < 4.78 is 16.8. The van der Waals surface area contributed by atoms with Crippen molar-refractivity contribution in [2.24, 2.45) is 0 Å². The second-order valence-electron chi connectivity index (χ2n) is 6.44. The van der Waals surface area contributed by atoms with Crippen LogP contribution in [0.4, 0.5) is 0 Å². The van der Waals surface area contributed by atoms with Crippen LogP contribution in [0.5, 0.6) is 17.2 Å². The molecule has 0 radical (unpaired) electrons. The Bertz CT molecular complexity index is 1060. The molecule has 0 aliphatic carbocycles. The van der Waals surface area contributed by atoms with Crippen molar-refractivity contribution in [2.45, 2.75) is 19.4 Å². The maximum Gasteiger partial charge on any atom is 0.335 e. The first-order chi connectivity index (χ1) is 14.0. The maximum absolute atomic E-state index is 11.7. The summed E-state index contributed by atoms with van der Waals surface area (Å²) in [6.45, 7) is 2.23. The van der Waals surface area contributed by atoms with Gasteiger partial charge in [-0.3, -0.25) is 4.79 Å². The summed E-state index contributed by atoms with van der Waals surface area (Å²) in [4.78, 5) is 23.2. The van der Waals surface area contributed by atoms with Crippen molar-refractivity contribution >= 4 is 11.9 Å². The second kappa shape index (κ2) is 7.63. The Labute approximate surface area is 165 Å². The Balaban J connectivity index is 1.55. The Kier molecular flexibility index (Phi) is 4.86. The van der Waals surface area contributed by atoms with E-state index in [0.29, 0.717) is 30.5 Å². The summed E-state index contributed by atoms with van der Waals surface area (Å²) in [7, 11) is 0. The number of hydrogen-bond acceptors (Lipinski definition) is 7. The van der Waals surface area contributed by atoms with E-state index in [1.807, 2.05) is 0 Å². The minimum atomic E-state index is -1.13. The van der Waals surface area contributed by atoms with Crippen LogP contribution >= 0.6 is 0 Å². The van der Waals surface area contributed by atoms with Gasteiger partial charge in [0.15, 0.2) is 6.10 Å². The van der Waals surface area contributed by atoms with Gasteiger partial charge in [-0.1, -0.05) is 0 Å². The number of hydrogen-bond donors (Lipinski definition) is 2. The molecule has 3 aromatic rings. The van der Waals surface area contributed by atoms with Crippen molar-refractivity contribution in [1.82, 2.24) is 15.5 Å². The topological polar surface area (TPSA) is 124 Å². The predicted molar refractivity (Wildman–Crippen MR) is 100.0 cm³/mol. The lowest BCUT2D eigenvalue weighted by molar-refractivity contribution is -0.124. The number of carbonyl (C=O) groups excluding carboxylic acids is 1. The van der Waals surface area contributed by atoms with Gasteiger partial charge in [0.25, 0.3) is 5.91 Å². The fraction of sp³-hybridized carbons (Fsp3) is 0.200. The second-order valence-corrected chi connectivity index (χ2v) is 6.44. The largest absolute Gasteiger partial charge is 0.480 e. The van der Waals surface area contributed by atoms with Gasteiger partial charge < -0.3 is 24.3 Å². The summed E-state index contributed by atoms with van der Waals surface area (Å²) in [6, 6.07) is 11.2. The molecule has 9 nitrogen and oxygen atoms in total. The van der Waals surface area contributed by atoms with Crippen LogP contribution in [0.15, 0.2) is 46.9 Å². The third kappa shape index (κ3) is 4.18. The number of rotatable bonds is 6. The molecule has 4 rings (SSSR count). The van der Waals surface area contributed by atoms with Crippen molar-refractivity contribution < 1.29 is 28.6 Å². The molecular weight excluding hydrogens is 378 g/mol. The molecule has 0 saturated carbocycles. The van der Waals surface area contributed by atoms with Crippen LogP contribution in [0.2, 0.25) is 0 Å². The van der Waals surface area contributed by atoms with Crippen molar-refractivity contribution in [1.29, 1.82) is 0 Å². The molecule has 29 heavy (non-hydrogen) atoms. The number of ether oxygens (including phenoxy) is 2. The molecule has 0 bridgehead atoms. The zero-order valence-electron chi connectivity index (χ0n) is 15.4. The number of amides is 1. The first-order valence-corrected chi connectivity index (χ1v) is 8.89. The number of aromatic carboxylic acids is 1. The molecule has 1 aliphatic heterocycles. The lowest BCUT2D eigenvalue weighted by Crippen LogP contribution is -2.27. The normalized spacial score (nSPS) is 15.8. The Morgan fingerprint density at radius 2 is 1.90 bits per heavy atom. The van der Waals surface area contributed by atoms with Crippen molar-refractivity contribution in [2.75, 3.05) is 6.54 Å². The summed E-state index contributed by atoms with van der Waals surface area (Å²) in [5.41, 5.74) is 0.724. The number of carbonyl (C=O) groups is 2. The van der Waals surface area contributed by atoms with E-state index in [-0.39, 0.29) is 23.0 Å². The molecule has 0 spiro atoms. The van der Waals surface area contributed by atoms with Gasteiger partial charge in [-0.25, -0.2) is 4.79 Å². The van der Waals surface area contributed by atoms with Gasteiger partial charge in [-0.2, -0.15) is 0 Å². The highest BCUT2D eigenvalue weighted by Gasteiger charge is 2.26. The van der Waals surface area contributed by atoms with E-state index in [1.165, 1.54) is 12.1 Å². The van der Waals surface area contributed by atoms with Crippen LogP contribution in [0.3, 0.4) is 0 Å². The SMILES string of the molecule is Cc1nnc(-c2ccc(Oc3cc(OC4CCNC4=O)cc(C(=O)O)c3)cc2)o1.